The predicted octanol–water partition coefficient (Wildman–Crippen LogP) is 3.72. The molecule has 0 aliphatic carbocycles. The fourth-order valence-electron chi connectivity index (χ4n) is 3.57. The predicted molar refractivity (Wildman–Crippen MR) is 75.2 cm³/mol. The van der Waals surface area contributed by atoms with E-state index >= 15 is 0 Å². The van der Waals surface area contributed by atoms with Crippen molar-refractivity contribution in [2.45, 2.75) is 57.6 Å². The first-order valence-electron chi connectivity index (χ1n) is 7.22. The first kappa shape index (κ1) is 12.0. The number of anilines is 1. The number of rotatable bonds is 2. The molecule has 3 rings (SSSR count). The molecule has 98 valence electrons. The highest BCUT2D eigenvalue weighted by molar-refractivity contribution is 5.65. The Kier molecular flexibility index (Phi) is 2.86. The van der Waals surface area contributed by atoms with Gasteiger partial charge in [-0.1, -0.05) is 32.0 Å². The SMILES string of the molecule is CCc1cccc2c1NC1C2CCOC1(C)CC. The van der Waals surface area contributed by atoms with E-state index in [4.69, 9.17) is 4.74 Å². The molecular weight excluding hydrogens is 222 g/mol. The minimum atomic E-state index is -0.0209. The number of para-hydroxylation sites is 1. The zero-order chi connectivity index (χ0) is 12.8. The van der Waals surface area contributed by atoms with Crippen molar-refractivity contribution in [3.8, 4) is 0 Å². The van der Waals surface area contributed by atoms with Crippen molar-refractivity contribution in [1.82, 2.24) is 0 Å². The Morgan fingerprint density at radius 3 is 2.94 bits per heavy atom. The van der Waals surface area contributed by atoms with Crippen LogP contribution in [0.1, 0.15) is 50.7 Å². The number of ether oxygens (including phenoxy) is 1. The van der Waals surface area contributed by atoms with Gasteiger partial charge in [0.25, 0.3) is 0 Å². The summed E-state index contributed by atoms with van der Waals surface area (Å²) in [4.78, 5) is 0. The average molecular weight is 245 g/mol. The molecule has 1 aromatic rings. The van der Waals surface area contributed by atoms with Gasteiger partial charge in [0.1, 0.15) is 0 Å². The van der Waals surface area contributed by atoms with Crippen LogP contribution in [0.5, 0.6) is 0 Å². The van der Waals surface area contributed by atoms with Crippen LogP contribution in [0.2, 0.25) is 0 Å². The molecule has 0 spiro atoms. The Morgan fingerprint density at radius 1 is 1.39 bits per heavy atom. The van der Waals surface area contributed by atoms with E-state index in [2.05, 4.69) is 44.3 Å². The normalized spacial score (nSPS) is 33.7. The average Bonchev–Trinajstić information content (AvgIpc) is 2.79. The van der Waals surface area contributed by atoms with Crippen molar-refractivity contribution in [3.05, 3.63) is 29.3 Å². The van der Waals surface area contributed by atoms with Crippen LogP contribution in [0.25, 0.3) is 0 Å². The Labute approximate surface area is 110 Å². The van der Waals surface area contributed by atoms with E-state index in [0.717, 1.165) is 25.9 Å². The molecule has 2 heteroatoms. The summed E-state index contributed by atoms with van der Waals surface area (Å²) in [6.07, 6.45) is 3.31. The van der Waals surface area contributed by atoms with Gasteiger partial charge in [0.15, 0.2) is 0 Å². The highest BCUT2D eigenvalue weighted by Crippen LogP contribution is 2.48. The van der Waals surface area contributed by atoms with Gasteiger partial charge in [-0.3, -0.25) is 0 Å². The van der Waals surface area contributed by atoms with Gasteiger partial charge in [-0.25, -0.2) is 0 Å². The van der Waals surface area contributed by atoms with Crippen molar-refractivity contribution in [2.75, 3.05) is 11.9 Å². The molecule has 2 aliphatic heterocycles. The third kappa shape index (κ3) is 1.58. The molecular formula is C16H23NO. The van der Waals surface area contributed by atoms with Gasteiger partial charge in [-0.15, -0.1) is 0 Å². The summed E-state index contributed by atoms with van der Waals surface area (Å²) >= 11 is 0. The first-order valence-corrected chi connectivity index (χ1v) is 7.22. The summed E-state index contributed by atoms with van der Waals surface area (Å²) in [5.74, 6) is 0.630. The summed E-state index contributed by atoms with van der Waals surface area (Å²) in [6.45, 7) is 7.61. The minimum absolute atomic E-state index is 0.0209. The molecule has 3 unspecified atom stereocenters. The van der Waals surface area contributed by atoms with E-state index in [1.54, 1.807) is 0 Å². The van der Waals surface area contributed by atoms with E-state index in [-0.39, 0.29) is 5.60 Å². The number of hydrogen-bond acceptors (Lipinski definition) is 2. The number of benzene rings is 1. The van der Waals surface area contributed by atoms with Gasteiger partial charge in [-0.2, -0.15) is 0 Å². The molecule has 2 aliphatic rings. The molecule has 0 bridgehead atoms. The smallest absolute Gasteiger partial charge is 0.0857 e. The standard InChI is InChI=1S/C16H23NO/c1-4-11-7-6-8-12-13-9-10-18-16(3,5-2)15(13)17-14(11)12/h6-8,13,15,17H,4-5,9-10H2,1-3H3. The van der Waals surface area contributed by atoms with Gasteiger partial charge >= 0.3 is 0 Å². The number of fused-ring (bicyclic) bond motifs is 3. The zero-order valence-corrected chi connectivity index (χ0v) is 11.6. The summed E-state index contributed by atoms with van der Waals surface area (Å²) in [7, 11) is 0. The molecule has 1 saturated heterocycles. The van der Waals surface area contributed by atoms with Crippen molar-refractivity contribution < 1.29 is 4.74 Å². The monoisotopic (exact) mass is 245 g/mol. The molecule has 1 N–H and O–H groups in total. The lowest BCUT2D eigenvalue weighted by atomic mass is 9.79. The molecule has 0 saturated carbocycles. The molecule has 0 aromatic heterocycles. The van der Waals surface area contributed by atoms with E-state index in [1.807, 2.05) is 0 Å². The quantitative estimate of drug-likeness (QED) is 0.857. The lowest BCUT2D eigenvalue weighted by Gasteiger charge is -2.42. The third-order valence-corrected chi connectivity index (χ3v) is 4.89. The topological polar surface area (TPSA) is 21.3 Å². The van der Waals surface area contributed by atoms with E-state index in [1.165, 1.54) is 16.8 Å². The van der Waals surface area contributed by atoms with Crippen molar-refractivity contribution in [2.24, 2.45) is 0 Å². The van der Waals surface area contributed by atoms with Crippen molar-refractivity contribution in [1.29, 1.82) is 0 Å². The molecule has 0 radical (unpaired) electrons. The van der Waals surface area contributed by atoms with Gasteiger partial charge < -0.3 is 10.1 Å². The van der Waals surface area contributed by atoms with Crippen LogP contribution in [0.15, 0.2) is 18.2 Å². The van der Waals surface area contributed by atoms with Crippen LogP contribution in [0, 0.1) is 0 Å². The fraction of sp³-hybridized carbons (Fsp3) is 0.625. The van der Waals surface area contributed by atoms with Gasteiger partial charge in [-0.05, 0) is 37.3 Å². The Balaban J connectivity index is 2.03. The fourth-order valence-corrected chi connectivity index (χ4v) is 3.57. The summed E-state index contributed by atoms with van der Waals surface area (Å²) in [5, 5.41) is 3.77. The van der Waals surface area contributed by atoms with E-state index < -0.39 is 0 Å². The molecule has 2 nitrogen and oxygen atoms in total. The zero-order valence-electron chi connectivity index (χ0n) is 11.6. The maximum atomic E-state index is 6.07. The van der Waals surface area contributed by atoms with Crippen LogP contribution >= 0.6 is 0 Å². The van der Waals surface area contributed by atoms with Crippen LogP contribution in [-0.4, -0.2) is 18.2 Å². The minimum Gasteiger partial charge on any atom is -0.378 e. The van der Waals surface area contributed by atoms with Crippen LogP contribution < -0.4 is 5.32 Å². The highest BCUT2D eigenvalue weighted by atomic mass is 16.5. The molecule has 1 fully saturated rings. The second kappa shape index (κ2) is 4.27. The van der Waals surface area contributed by atoms with Gasteiger partial charge in [0.2, 0.25) is 0 Å². The Morgan fingerprint density at radius 2 is 2.22 bits per heavy atom. The van der Waals surface area contributed by atoms with Crippen LogP contribution in [0.4, 0.5) is 5.69 Å². The lowest BCUT2D eigenvalue weighted by Crippen LogP contribution is -2.50. The van der Waals surface area contributed by atoms with Crippen LogP contribution in [0.3, 0.4) is 0 Å². The maximum absolute atomic E-state index is 6.07. The molecule has 18 heavy (non-hydrogen) atoms. The van der Waals surface area contributed by atoms with E-state index in [0.29, 0.717) is 12.0 Å². The number of nitrogens with one attached hydrogen (secondary N) is 1. The molecule has 2 heterocycles. The summed E-state index contributed by atoms with van der Waals surface area (Å²) in [5.41, 5.74) is 4.33. The number of aryl methyl sites for hydroxylation is 1. The molecule has 1 aromatic carbocycles. The lowest BCUT2D eigenvalue weighted by molar-refractivity contribution is -0.0811. The Bertz CT molecular complexity index is 456. The highest BCUT2D eigenvalue weighted by Gasteiger charge is 2.47. The summed E-state index contributed by atoms with van der Waals surface area (Å²) in [6, 6.07) is 7.19. The largest absolute Gasteiger partial charge is 0.378 e. The Hall–Kier alpha value is -1.02. The van der Waals surface area contributed by atoms with Gasteiger partial charge in [0.05, 0.1) is 11.6 Å². The molecule has 0 amide bonds. The molecule has 3 atom stereocenters. The van der Waals surface area contributed by atoms with Crippen LogP contribution in [-0.2, 0) is 11.2 Å². The first-order chi connectivity index (χ1) is 8.69. The van der Waals surface area contributed by atoms with Gasteiger partial charge in [0, 0.05) is 18.2 Å². The third-order valence-electron chi connectivity index (χ3n) is 4.89. The second-order valence-electron chi connectivity index (χ2n) is 5.77. The summed E-state index contributed by atoms with van der Waals surface area (Å²) < 4.78 is 6.07. The van der Waals surface area contributed by atoms with Crippen molar-refractivity contribution in [3.63, 3.8) is 0 Å². The second-order valence-corrected chi connectivity index (χ2v) is 5.77. The van der Waals surface area contributed by atoms with Crippen molar-refractivity contribution >= 4 is 5.69 Å². The maximum Gasteiger partial charge on any atom is 0.0857 e. The van der Waals surface area contributed by atoms with E-state index in [9.17, 15) is 0 Å². The number of hydrogen-bond donors (Lipinski definition) is 1.